The summed E-state index contributed by atoms with van der Waals surface area (Å²) >= 11 is 3.30. The minimum absolute atomic E-state index is 0.464. The zero-order valence-electron chi connectivity index (χ0n) is 13.2. The molecule has 0 aromatic carbocycles. The van der Waals surface area contributed by atoms with Crippen molar-refractivity contribution in [2.75, 3.05) is 12.5 Å². The Morgan fingerprint density at radius 1 is 0.857 bits per heavy atom. The van der Waals surface area contributed by atoms with Gasteiger partial charge in [-0.1, -0.05) is 20.8 Å². The van der Waals surface area contributed by atoms with Gasteiger partial charge in [-0.2, -0.15) is 0 Å². The largest absolute Gasteiger partial charge is 0.257 e. The molecule has 0 aliphatic rings. The molecule has 0 atom stereocenters. The van der Waals surface area contributed by atoms with Gasteiger partial charge < -0.3 is 0 Å². The lowest BCUT2D eigenvalue weighted by Gasteiger charge is -2.06. The lowest BCUT2D eigenvalue weighted by molar-refractivity contribution is 0.770. The van der Waals surface area contributed by atoms with E-state index in [0.717, 1.165) is 27.9 Å². The molecule has 21 heavy (non-hydrogen) atoms. The van der Waals surface area contributed by atoms with Crippen LogP contribution < -0.4 is 0 Å². The van der Waals surface area contributed by atoms with E-state index in [-0.39, 0.29) is 0 Å². The Morgan fingerprint density at radius 3 is 1.81 bits per heavy atom. The van der Waals surface area contributed by atoms with Crippen LogP contribution in [0.25, 0.3) is 0 Å². The molecule has 0 fully saturated rings. The zero-order chi connectivity index (χ0) is 15.7. The number of hydrogen-bond donors (Lipinski definition) is 0. The number of nitrogens with zero attached hydrogens (tertiary/aromatic N) is 4. The quantitative estimate of drug-likeness (QED) is 0.791. The van der Waals surface area contributed by atoms with Gasteiger partial charge in [-0.15, -0.1) is 23.5 Å². The van der Waals surface area contributed by atoms with E-state index >= 15 is 0 Å². The molecule has 0 radical (unpaired) electrons. The average molecular weight is 323 g/mol. The van der Waals surface area contributed by atoms with Gasteiger partial charge in [0.15, 0.2) is 0 Å². The molecule has 0 spiro atoms. The maximum absolute atomic E-state index is 4.27. The number of aromatic nitrogens is 4. The minimum Gasteiger partial charge on any atom is -0.257 e. The van der Waals surface area contributed by atoms with Crippen LogP contribution in [0.1, 0.15) is 38.1 Å². The SMILES string of the molecule is CCc1nccnc1SC.CSc1nccnc1C(C)C. The highest BCUT2D eigenvalue weighted by molar-refractivity contribution is 7.98. The van der Waals surface area contributed by atoms with Crippen molar-refractivity contribution >= 4 is 23.5 Å². The van der Waals surface area contributed by atoms with Crippen LogP contribution in [0.4, 0.5) is 0 Å². The van der Waals surface area contributed by atoms with Crippen molar-refractivity contribution in [1.29, 1.82) is 0 Å². The summed E-state index contributed by atoms with van der Waals surface area (Å²) in [5, 5.41) is 2.09. The van der Waals surface area contributed by atoms with Gasteiger partial charge in [0.2, 0.25) is 0 Å². The highest BCUT2D eigenvalue weighted by atomic mass is 32.2. The summed E-state index contributed by atoms with van der Waals surface area (Å²) in [5.41, 5.74) is 2.19. The third-order valence-corrected chi connectivity index (χ3v) is 4.12. The summed E-state index contributed by atoms with van der Waals surface area (Å²) in [5.74, 6) is 0.464. The van der Waals surface area contributed by atoms with Crippen molar-refractivity contribution in [3.05, 3.63) is 36.2 Å². The summed E-state index contributed by atoms with van der Waals surface area (Å²) in [4.78, 5) is 16.8. The smallest absolute Gasteiger partial charge is 0.118 e. The standard InChI is InChI=1S/C8H12N2S.C7H10N2S/c1-6(2)7-8(11-3)10-5-4-9-7;1-3-6-7(10-2)9-5-4-8-6/h4-6H,1-3H3;4-5H,3H2,1-2H3. The van der Waals surface area contributed by atoms with Crippen LogP contribution in [-0.2, 0) is 6.42 Å². The van der Waals surface area contributed by atoms with Crippen molar-refractivity contribution in [2.45, 2.75) is 43.2 Å². The monoisotopic (exact) mass is 322 g/mol. The fourth-order valence-electron chi connectivity index (χ4n) is 1.66. The Morgan fingerprint density at radius 2 is 1.38 bits per heavy atom. The molecule has 2 aromatic rings. The van der Waals surface area contributed by atoms with Crippen LogP contribution in [0, 0.1) is 0 Å². The van der Waals surface area contributed by atoms with Crippen LogP contribution >= 0.6 is 23.5 Å². The Kier molecular flexibility index (Phi) is 8.30. The van der Waals surface area contributed by atoms with E-state index in [4.69, 9.17) is 0 Å². The molecule has 0 saturated heterocycles. The molecule has 2 aromatic heterocycles. The molecule has 0 aliphatic carbocycles. The number of thioether (sulfide) groups is 2. The van der Waals surface area contributed by atoms with E-state index in [9.17, 15) is 0 Å². The van der Waals surface area contributed by atoms with Gasteiger partial charge in [0.1, 0.15) is 10.1 Å². The normalized spacial score (nSPS) is 10.2. The summed E-state index contributed by atoms with van der Waals surface area (Å²) in [6, 6.07) is 0. The molecule has 6 heteroatoms. The van der Waals surface area contributed by atoms with Gasteiger partial charge in [0, 0.05) is 24.8 Å². The van der Waals surface area contributed by atoms with Crippen LogP contribution in [0.2, 0.25) is 0 Å². The molecule has 0 aliphatic heterocycles. The summed E-state index contributed by atoms with van der Waals surface area (Å²) in [6.07, 6.45) is 11.9. The van der Waals surface area contributed by atoms with E-state index < -0.39 is 0 Å². The van der Waals surface area contributed by atoms with E-state index in [1.807, 2.05) is 12.5 Å². The van der Waals surface area contributed by atoms with Gasteiger partial charge in [0.25, 0.3) is 0 Å². The van der Waals surface area contributed by atoms with Gasteiger partial charge in [-0.3, -0.25) is 9.97 Å². The number of rotatable bonds is 4. The Balaban J connectivity index is 0.000000211. The molecule has 4 nitrogen and oxygen atoms in total. The molecular weight excluding hydrogens is 300 g/mol. The van der Waals surface area contributed by atoms with Crippen molar-refractivity contribution in [3.63, 3.8) is 0 Å². The van der Waals surface area contributed by atoms with E-state index in [2.05, 4.69) is 40.7 Å². The van der Waals surface area contributed by atoms with Gasteiger partial charge >= 0.3 is 0 Å². The van der Waals surface area contributed by atoms with Crippen molar-refractivity contribution < 1.29 is 0 Å². The molecule has 2 rings (SSSR count). The third-order valence-electron chi connectivity index (χ3n) is 2.70. The third kappa shape index (κ3) is 5.63. The average Bonchev–Trinajstić information content (AvgIpc) is 2.55. The van der Waals surface area contributed by atoms with Crippen LogP contribution in [0.3, 0.4) is 0 Å². The first-order valence-electron chi connectivity index (χ1n) is 6.82. The number of hydrogen-bond acceptors (Lipinski definition) is 6. The summed E-state index contributed by atoms with van der Waals surface area (Å²) in [6.45, 7) is 6.34. The lowest BCUT2D eigenvalue weighted by Crippen LogP contribution is -1.96. The van der Waals surface area contributed by atoms with Crippen LogP contribution in [0.15, 0.2) is 34.8 Å². The molecular formula is C15H22N4S2. The minimum atomic E-state index is 0.464. The summed E-state index contributed by atoms with van der Waals surface area (Å²) < 4.78 is 0. The predicted octanol–water partition coefficient (Wildman–Crippen LogP) is 4.08. The van der Waals surface area contributed by atoms with Crippen molar-refractivity contribution in [2.24, 2.45) is 0 Å². The van der Waals surface area contributed by atoms with Crippen LogP contribution in [-0.4, -0.2) is 32.4 Å². The molecule has 2 heterocycles. The second-order valence-corrected chi connectivity index (χ2v) is 6.06. The molecule has 114 valence electrons. The first kappa shape index (κ1) is 17.9. The highest BCUT2D eigenvalue weighted by Gasteiger charge is 2.06. The highest BCUT2D eigenvalue weighted by Crippen LogP contribution is 2.21. The van der Waals surface area contributed by atoms with E-state index in [1.165, 1.54) is 0 Å². The topological polar surface area (TPSA) is 51.6 Å². The molecule has 0 amide bonds. The first-order chi connectivity index (χ1) is 10.1. The van der Waals surface area contributed by atoms with Crippen LogP contribution in [0.5, 0.6) is 0 Å². The fraction of sp³-hybridized carbons (Fsp3) is 0.467. The molecule has 0 bridgehead atoms. The Labute approximate surface area is 135 Å². The van der Waals surface area contributed by atoms with Crippen molar-refractivity contribution in [3.8, 4) is 0 Å². The Bertz CT molecular complexity index is 524. The predicted molar refractivity (Wildman–Crippen MR) is 91.1 cm³/mol. The van der Waals surface area contributed by atoms with Gasteiger partial charge in [-0.05, 0) is 24.9 Å². The number of aryl methyl sites for hydroxylation is 1. The first-order valence-corrected chi connectivity index (χ1v) is 9.27. The maximum atomic E-state index is 4.27. The fourth-order valence-corrected chi connectivity index (χ4v) is 2.92. The molecule has 0 N–H and O–H groups in total. The van der Waals surface area contributed by atoms with E-state index in [0.29, 0.717) is 5.92 Å². The van der Waals surface area contributed by atoms with Crippen molar-refractivity contribution in [1.82, 2.24) is 19.9 Å². The summed E-state index contributed by atoms with van der Waals surface area (Å²) in [7, 11) is 0. The second-order valence-electron chi connectivity index (χ2n) is 4.47. The molecule has 0 saturated carbocycles. The maximum Gasteiger partial charge on any atom is 0.118 e. The molecule has 0 unspecified atom stereocenters. The lowest BCUT2D eigenvalue weighted by atomic mass is 10.1. The second kappa shape index (κ2) is 9.73. The Hall–Kier alpha value is -1.14. The zero-order valence-corrected chi connectivity index (χ0v) is 14.8. The van der Waals surface area contributed by atoms with Gasteiger partial charge in [-0.25, -0.2) is 9.97 Å². The van der Waals surface area contributed by atoms with E-state index in [1.54, 1.807) is 48.3 Å². The van der Waals surface area contributed by atoms with Gasteiger partial charge in [0.05, 0.1) is 11.4 Å².